The van der Waals surface area contributed by atoms with Crippen LogP contribution >= 0.6 is 0 Å². The van der Waals surface area contributed by atoms with Gasteiger partial charge >= 0.3 is 12.5 Å². The van der Waals surface area contributed by atoms with Gasteiger partial charge in [0.1, 0.15) is 12.6 Å². The van der Waals surface area contributed by atoms with Gasteiger partial charge in [0, 0.05) is 25.9 Å². The number of ether oxygens (including phenoxy) is 1. The van der Waals surface area contributed by atoms with E-state index in [9.17, 15) is 45.5 Å². The summed E-state index contributed by atoms with van der Waals surface area (Å²) in [5, 5.41) is 4.59. The van der Waals surface area contributed by atoms with Crippen LogP contribution in [0.25, 0.3) is 0 Å². The quantitative estimate of drug-likeness (QED) is 0.549. The molecule has 0 bridgehead atoms. The van der Waals surface area contributed by atoms with Crippen LogP contribution < -0.4 is 10.6 Å². The van der Waals surface area contributed by atoms with E-state index in [1.807, 2.05) is 0 Å². The zero-order valence-electron chi connectivity index (χ0n) is 16.3. The maximum atomic E-state index is 13.1. The molecule has 4 atom stereocenters. The molecule has 0 aromatic heterocycles. The molecule has 2 heterocycles. The Kier molecular flexibility index (Phi) is 7.55. The van der Waals surface area contributed by atoms with Crippen LogP contribution in [0.15, 0.2) is 0 Å². The van der Waals surface area contributed by atoms with E-state index in [-0.39, 0.29) is 19.4 Å². The smallest absolute Gasteiger partial charge is 0.356 e. The van der Waals surface area contributed by atoms with Crippen molar-refractivity contribution in [3.05, 3.63) is 0 Å². The Morgan fingerprint density at radius 2 is 1.87 bits per heavy atom. The van der Waals surface area contributed by atoms with Gasteiger partial charge in [0.05, 0.1) is 12.0 Å². The monoisotopic (exact) mass is 461 g/mol. The number of carbonyl (C=O) groups excluding carboxylic acids is 4. The molecule has 2 aliphatic rings. The van der Waals surface area contributed by atoms with E-state index in [0.29, 0.717) is 4.90 Å². The highest BCUT2D eigenvalue weighted by molar-refractivity contribution is 5.94. The first kappa shape index (κ1) is 24.9. The summed E-state index contributed by atoms with van der Waals surface area (Å²) in [6, 6.07) is -3.16. The van der Waals surface area contributed by atoms with Gasteiger partial charge in [0.15, 0.2) is 5.78 Å². The third-order valence-electron chi connectivity index (χ3n) is 5.24. The van der Waals surface area contributed by atoms with Gasteiger partial charge < -0.3 is 15.5 Å². The van der Waals surface area contributed by atoms with Crippen LogP contribution in [0.1, 0.15) is 26.2 Å². The lowest BCUT2D eigenvalue weighted by Gasteiger charge is -2.26. The van der Waals surface area contributed by atoms with Gasteiger partial charge in [0.25, 0.3) is 0 Å². The molecular formula is C17H21F6N3O5. The predicted molar refractivity (Wildman–Crippen MR) is 90.0 cm³/mol. The number of rotatable bonds is 7. The first-order valence-electron chi connectivity index (χ1n) is 9.34. The summed E-state index contributed by atoms with van der Waals surface area (Å²) >= 11 is 0. The van der Waals surface area contributed by atoms with Gasteiger partial charge in [-0.05, 0) is 19.3 Å². The highest BCUT2D eigenvalue weighted by Crippen LogP contribution is 2.36. The molecule has 2 fully saturated rings. The first-order valence-corrected chi connectivity index (χ1v) is 9.34. The average molecular weight is 461 g/mol. The van der Waals surface area contributed by atoms with E-state index in [1.165, 1.54) is 0 Å². The molecule has 8 nitrogen and oxygen atoms in total. The second-order valence-electron chi connectivity index (χ2n) is 7.44. The SMILES string of the molecule is CC(=O)N1CC(C(F)(F)F)C[C@H]1C(=O)N[C@@H](C[C@@H]1CCNC1=O)C(=O)COC(F)(F)F. The summed E-state index contributed by atoms with van der Waals surface area (Å²) in [6.45, 7) is -0.958. The van der Waals surface area contributed by atoms with Crippen LogP contribution in [0.2, 0.25) is 0 Å². The molecule has 14 heteroatoms. The number of ketones is 1. The molecule has 2 N–H and O–H groups in total. The van der Waals surface area contributed by atoms with Crippen LogP contribution in [0.4, 0.5) is 26.3 Å². The topological polar surface area (TPSA) is 105 Å². The molecule has 0 aromatic rings. The van der Waals surface area contributed by atoms with E-state index in [0.717, 1.165) is 6.92 Å². The molecule has 3 amide bonds. The second kappa shape index (κ2) is 9.40. The van der Waals surface area contributed by atoms with Crippen molar-refractivity contribution >= 4 is 23.5 Å². The molecule has 176 valence electrons. The Balaban J connectivity index is 2.15. The van der Waals surface area contributed by atoms with E-state index in [1.54, 1.807) is 0 Å². The fourth-order valence-electron chi connectivity index (χ4n) is 3.62. The number of Topliss-reactive ketones (excluding diaryl/α,β-unsaturated/α-hetero) is 1. The number of nitrogens with one attached hydrogen (secondary N) is 2. The standard InChI is InChI=1S/C17H21F6N3O5/c1-8(27)26-6-10(16(18,19)20)5-12(26)15(30)25-11(4-9-2-3-24-14(9)29)13(28)7-31-17(21,22)23/h9-12H,2-7H2,1H3,(H,24,29)(H,25,30)/t9-,10?,11-,12-/m0/s1. The maximum Gasteiger partial charge on any atom is 0.522 e. The number of hydrogen-bond donors (Lipinski definition) is 2. The van der Waals surface area contributed by atoms with E-state index in [2.05, 4.69) is 15.4 Å². The molecule has 0 aliphatic carbocycles. The van der Waals surface area contributed by atoms with Crippen molar-refractivity contribution in [2.24, 2.45) is 11.8 Å². The lowest BCUT2D eigenvalue weighted by atomic mass is 9.95. The number of hydrogen-bond acceptors (Lipinski definition) is 5. The number of likely N-dealkylation sites (tertiary alicyclic amines) is 1. The van der Waals surface area contributed by atoms with Crippen molar-refractivity contribution in [1.82, 2.24) is 15.5 Å². The molecule has 0 spiro atoms. The molecule has 2 aliphatic heterocycles. The van der Waals surface area contributed by atoms with Crippen molar-refractivity contribution < 1.29 is 50.3 Å². The lowest BCUT2D eigenvalue weighted by molar-refractivity contribution is -0.321. The zero-order chi connectivity index (χ0) is 23.6. The Hall–Kier alpha value is -2.38. The summed E-state index contributed by atoms with van der Waals surface area (Å²) in [4.78, 5) is 49.0. The Labute approximate surface area is 172 Å². The van der Waals surface area contributed by atoms with Crippen LogP contribution in [-0.2, 0) is 23.9 Å². The Morgan fingerprint density at radius 3 is 2.35 bits per heavy atom. The molecule has 0 aromatic carbocycles. The second-order valence-corrected chi connectivity index (χ2v) is 7.44. The largest absolute Gasteiger partial charge is 0.522 e. The minimum atomic E-state index is -5.12. The zero-order valence-corrected chi connectivity index (χ0v) is 16.3. The minimum absolute atomic E-state index is 0.262. The highest BCUT2D eigenvalue weighted by atomic mass is 19.4. The van der Waals surface area contributed by atoms with Gasteiger partial charge in [-0.2, -0.15) is 13.2 Å². The molecule has 31 heavy (non-hydrogen) atoms. The van der Waals surface area contributed by atoms with Crippen molar-refractivity contribution in [2.45, 2.75) is 50.8 Å². The lowest BCUT2D eigenvalue weighted by Crippen LogP contribution is -2.52. The molecule has 0 radical (unpaired) electrons. The van der Waals surface area contributed by atoms with Gasteiger partial charge in [-0.1, -0.05) is 0 Å². The van der Waals surface area contributed by atoms with E-state index < -0.39 is 79.5 Å². The highest BCUT2D eigenvalue weighted by Gasteiger charge is 2.50. The predicted octanol–water partition coefficient (Wildman–Crippen LogP) is 0.902. The van der Waals surface area contributed by atoms with E-state index in [4.69, 9.17) is 0 Å². The van der Waals surface area contributed by atoms with Gasteiger partial charge in [-0.15, -0.1) is 13.2 Å². The molecule has 2 rings (SSSR count). The van der Waals surface area contributed by atoms with Crippen molar-refractivity contribution in [3.63, 3.8) is 0 Å². The van der Waals surface area contributed by atoms with Crippen LogP contribution in [0.5, 0.6) is 0 Å². The number of nitrogens with zero attached hydrogens (tertiary/aromatic N) is 1. The number of alkyl halides is 6. The third kappa shape index (κ3) is 6.80. The summed E-state index contributed by atoms with van der Waals surface area (Å²) < 4.78 is 79.5. The molecule has 2 saturated heterocycles. The summed E-state index contributed by atoms with van der Waals surface area (Å²) in [6.07, 6.45) is -10.6. The maximum absolute atomic E-state index is 13.1. The molecule has 1 unspecified atom stereocenters. The summed E-state index contributed by atoms with van der Waals surface area (Å²) in [7, 11) is 0. The minimum Gasteiger partial charge on any atom is -0.356 e. The van der Waals surface area contributed by atoms with Crippen LogP contribution in [0, 0.1) is 11.8 Å². The molecule has 0 saturated carbocycles. The van der Waals surface area contributed by atoms with Crippen molar-refractivity contribution in [3.8, 4) is 0 Å². The first-order chi connectivity index (χ1) is 14.2. The average Bonchev–Trinajstić information content (AvgIpc) is 3.25. The molecular weight excluding hydrogens is 440 g/mol. The van der Waals surface area contributed by atoms with E-state index >= 15 is 0 Å². The van der Waals surface area contributed by atoms with Crippen LogP contribution in [0.3, 0.4) is 0 Å². The summed E-state index contributed by atoms with van der Waals surface area (Å²) in [5.41, 5.74) is 0. The number of halogens is 6. The number of amides is 3. The van der Waals surface area contributed by atoms with Crippen molar-refractivity contribution in [2.75, 3.05) is 19.7 Å². The Bertz CT molecular complexity index is 726. The van der Waals surface area contributed by atoms with Crippen LogP contribution in [-0.4, -0.2) is 72.7 Å². The fourth-order valence-corrected chi connectivity index (χ4v) is 3.62. The summed E-state index contributed by atoms with van der Waals surface area (Å²) in [5.74, 6) is -6.33. The van der Waals surface area contributed by atoms with Gasteiger partial charge in [-0.25, -0.2) is 0 Å². The Morgan fingerprint density at radius 1 is 1.23 bits per heavy atom. The third-order valence-corrected chi connectivity index (χ3v) is 5.24. The number of carbonyl (C=O) groups is 4. The van der Waals surface area contributed by atoms with Gasteiger partial charge in [-0.3, -0.25) is 23.9 Å². The normalized spacial score (nSPS) is 25.3. The van der Waals surface area contributed by atoms with Gasteiger partial charge in [0.2, 0.25) is 17.7 Å². The fraction of sp³-hybridized carbons (Fsp3) is 0.765. The van der Waals surface area contributed by atoms with Crippen molar-refractivity contribution in [1.29, 1.82) is 0 Å².